The maximum atomic E-state index is 13.5. The number of aliphatic hydroxyl groups excluding tert-OH is 1. The Balaban J connectivity index is 1.37. The van der Waals surface area contributed by atoms with Crippen molar-refractivity contribution in [2.45, 2.75) is 95.3 Å². The number of halogens is 1. The van der Waals surface area contributed by atoms with Crippen molar-refractivity contribution in [3.63, 3.8) is 0 Å². The molecular weight excluding hydrogens is 658 g/mol. The fourth-order valence-electron chi connectivity index (χ4n) is 7.78. The second-order valence-corrected chi connectivity index (χ2v) is 17.5. The standard InChI is InChI=1S/C39H58ClN3O5S/c1-7-9-27(2)28(3)49(46)41-37(45)31-13-16-36-35(21-31)43(22-32-12-11-29(32)17-19-47-25-38(4,24-44)42(5)6)23-39(26-48-36)18-8-10-30-20-33(40)14-15-34(30)39/h13-16,20-21,27-29,32,44H,7-12,17-19,22-26H2,1-6H3,(H,41,45)/t27?,28?,29?,32?,38-,39-,49?/m0/s1. The summed E-state index contributed by atoms with van der Waals surface area (Å²) in [5.74, 6) is 1.75. The highest BCUT2D eigenvalue weighted by Gasteiger charge is 2.43. The summed E-state index contributed by atoms with van der Waals surface area (Å²) < 4.78 is 28.7. The molecule has 1 aliphatic heterocycles. The molecule has 49 heavy (non-hydrogen) atoms. The van der Waals surface area contributed by atoms with E-state index in [1.165, 1.54) is 17.5 Å². The first-order chi connectivity index (χ1) is 23.4. The molecule has 272 valence electrons. The maximum Gasteiger partial charge on any atom is 0.263 e. The van der Waals surface area contributed by atoms with Crippen LogP contribution in [-0.2, 0) is 27.6 Å². The summed E-state index contributed by atoms with van der Waals surface area (Å²) in [6, 6.07) is 12.0. The van der Waals surface area contributed by atoms with Crippen molar-refractivity contribution in [2.24, 2.45) is 17.8 Å². The summed E-state index contributed by atoms with van der Waals surface area (Å²) in [5, 5.41) is 10.5. The predicted octanol–water partition coefficient (Wildman–Crippen LogP) is 6.78. The molecule has 1 heterocycles. The minimum atomic E-state index is -1.48. The molecule has 7 atom stereocenters. The number of nitrogens with zero attached hydrogens (tertiary/aromatic N) is 2. The topological polar surface area (TPSA) is 91.3 Å². The van der Waals surface area contributed by atoms with Gasteiger partial charge in [-0.05, 0) is 132 Å². The van der Waals surface area contributed by atoms with Gasteiger partial charge in [0.2, 0.25) is 0 Å². The number of ether oxygens (including phenoxy) is 2. The maximum absolute atomic E-state index is 13.5. The van der Waals surface area contributed by atoms with E-state index in [1.807, 2.05) is 51.0 Å². The largest absolute Gasteiger partial charge is 0.490 e. The van der Waals surface area contributed by atoms with Crippen molar-refractivity contribution in [2.75, 3.05) is 58.5 Å². The Hall–Kier alpha value is -2.17. The average molecular weight is 716 g/mol. The summed E-state index contributed by atoms with van der Waals surface area (Å²) in [7, 11) is 2.46. The third-order valence-electron chi connectivity index (χ3n) is 11.9. The monoisotopic (exact) mass is 715 g/mol. The molecule has 0 radical (unpaired) electrons. The fourth-order valence-corrected chi connectivity index (χ4v) is 9.02. The molecule has 0 aromatic heterocycles. The molecule has 0 bridgehead atoms. The molecule has 1 saturated carbocycles. The zero-order valence-electron chi connectivity index (χ0n) is 30.4. The molecule has 1 amide bonds. The zero-order chi connectivity index (χ0) is 35.3. The number of carbonyl (C=O) groups is 1. The van der Waals surface area contributed by atoms with Gasteiger partial charge in [-0.1, -0.05) is 37.9 Å². The summed E-state index contributed by atoms with van der Waals surface area (Å²) >= 11 is 6.46. The van der Waals surface area contributed by atoms with Gasteiger partial charge in [0.1, 0.15) is 16.7 Å². The van der Waals surface area contributed by atoms with Gasteiger partial charge in [0.25, 0.3) is 5.91 Å². The van der Waals surface area contributed by atoms with Crippen molar-refractivity contribution in [1.29, 1.82) is 0 Å². The van der Waals surface area contributed by atoms with Crippen LogP contribution in [0.15, 0.2) is 36.4 Å². The third kappa shape index (κ3) is 8.66. The summed E-state index contributed by atoms with van der Waals surface area (Å²) in [6.45, 7) is 11.6. The average Bonchev–Trinajstić information content (AvgIpc) is 3.22. The molecule has 1 fully saturated rings. The molecule has 2 N–H and O–H groups in total. The summed E-state index contributed by atoms with van der Waals surface area (Å²) in [6.07, 6.45) is 8.38. The van der Waals surface area contributed by atoms with Crippen molar-refractivity contribution in [1.82, 2.24) is 9.62 Å². The lowest BCUT2D eigenvalue weighted by Gasteiger charge is -2.44. The number of amides is 1. The van der Waals surface area contributed by atoms with Gasteiger partial charge in [-0.2, -0.15) is 0 Å². The van der Waals surface area contributed by atoms with Gasteiger partial charge >= 0.3 is 0 Å². The second kappa shape index (κ2) is 16.4. The number of hydrogen-bond donors (Lipinski definition) is 2. The summed E-state index contributed by atoms with van der Waals surface area (Å²) in [4.78, 5) is 18.0. The number of fused-ring (bicyclic) bond motifs is 3. The van der Waals surface area contributed by atoms with Crippen molar-refractivity contribution in [3.8, 4) is 5.75 Å². The van der Waals surface area contributed by atoms with Crippen LogP contribution in [0, 0.1) is 17.8 Å². The van der Waals surface area contributed by atoms with Crippen molar-refractivity contribution >= 4 is 34.2 Å². The van der Waals surface area contributed by atoms with Crippen LogP contribution >= 0.6 is 11.6 Å². The Bertz CT molecular complexity index is 1470. The molecule has 0 saturated heterocycles. The molecule has 10 heteroatoms. The summed E-state index contributed by atoms with van der Waals surface area (Å²) in [5.41, 5.74) is 3.44. The highest BCUT2D eigenvalue weighted by molar-refractivity contribution is 7.84. The first kappa shape index (κ1) is 38.1. The third-order valence-corrected chi connectivity index (χ3v) is 13.6. The van der Waals surface area contributed by atoms with E-state index < -0.39 is 16.5 Å². The Morgan fingerprint density at radius 2 is 2.00 bits per heavy atom. The highest BCUT2D eigenvalue weighted by Crippen LogP contribution is 2.46. The number of aliphatic hydroxyl groups is 1. The lowest BCUT2D eigenvalue weighted by atomic mass is 9.69. The van der Waals surface area contributed by atoms with Crippen LogP contribution in [0.1, 0.15) is 94.1 Å². The SMILES string of the molecule is CCCC(C)C(C)S(=O)NC(=O)c1ccc2c(c1)N(CC1CCC1CCOC[C@](C)(CO)N(C)C)C[C@@]1(CCCc3cc(Cl)ccc31)CO2. The van der Waals surface area contributed by atoms with Crippen LogP contribution in [0.3, 0.4) is 0 Å². The molecular formula is C39H58ClN3O5S. The Morgan fingerprint density at radius 1 is 1.22 bits per heavy atom. The fraction of sp³-hybridized carbons (Fsp3) is 0.667. The number of hydrogen-bond acceptors (Lipinski definition) is 7. The number of aryl methyl sites for hydroxylation is 1. The molecule has 2 aliphatic carbocycles. The minimum absolute atomic E-state index is 0.0481. The van der Waals surface area contributed by atoms with Gasteiger partial charge in [0.05, 0.1) is 36.3 Å². The lowest BCUT2D eigenvalue weighted by molar-refractivity contribution is -0.0162. The number of nitrogens with one attached hydrogen (secondary N) is 1. The number of rotatable bonds is 15. The van der Waals surface area contributed by atoms with E-state index in [2.05, 4.69) is 35.6 Å². The van der Waals surface area contributed by atoms with Gasteiger partial charge in [-0.25, -0.2) is 4.21 Å². The van der Waals surface area contributed by atoms with E-state index in [4.69, 9.17) is 21.1 Å². The molecule has 5 rings (SSSR count). The second-order valence-electron chi connectivity index (χ2n) is 15.5. The molecule has 2 aromatic rings. The molecule has 8 nitrogen and oxygen atoms in total. The van der Waals surface area contributed by atoms with Gasteiger partial charge < -0.3 is 19.5 Å². The highest BCUT2D eigenvalue weighted by atomic mass is 35.5. The first-order valence-corrected chi connectivity index (χ1v) is 19.9. The Morgan fingerprint density at radius 3 is 2.69 bits per heavy atom. The number of likely N-dealkylation sites (N-methyl/N-ethyl adjacent to an activating group) is 1. The molecule has 3 aliphatic rings. The van der Waals surface area contributed by atoms with E-state index >= 15 is 0 Å². The number of benzene rings is 2. The van der Waals surface area contributed by atoms with Gasteiger partial charge in [-0.3, -0.25) is 14.4 Å². The number of carbonyl (C=O) groups excluding carboxylic acids is 1. The molecule has 1 spiro atoms. The van der Waals surface area contributed by atoms with E-state index in [0.717, 1.165) is 74.5 Å². The van der Waals surface area contributed by atoms with Crippen molar-refractivity contribution in [3.05, 3.63) is 58.1 Å². The van der Waals surface area contributed by atoms with E-state index in [9.17, 15) is 14.1 Å². The van der Waals surface area contributed by atoms with Crippen LogP contribution < -0.4 is 14.4 Å². The van der Waals surface area contributed by atoms with Crippen molar-refractivity contribution < 1.29 is 23.6 Å². The number of anilines is 1. The van der Waals surface area contributed by atoms with Crippen LogP contribution in [0.2, 0.25) is 5.02 Å². The van der Waals surface area contributed by atoms with Crippen LogP contribution in [0.5, 0.6) is 5.75 Å². The first-order valence-electron chi connectivity index (χ1n) is 18.3. The predicted molar refractivity (Wildman–Crippen MR) is 200 cm³/mol. The van der Waals surface area contributed by atoms with Crippen LogP contribution in [-0.4, -0.2) is 84.5 Å². The Kier molecular flexibility index (Phi) is 12.8. The van der Waals surface area contributed by atoms with Gasteiger partial charge in [0.15, 0.2) is 0 Å². The lowest BCUT2D eigenvalue weighted by Crippen LogP contribution is -2.49. The van der Waals surface area contributed by atoms with Gasteiger partial charge in [-0.15, -0.1) is 0 Å². The van der Waals surface area contributed by atoms with E-state index in [1.54, 1.807) is 6.07 Å². The van der Waals surface area contributed by atoms with E-state index in [-0.39, 0.29) is 29.1 Å². The quantitative estimate of drug-likeness (QED) is 0.197. The smallest absolute Gasteiger partial charge is 0.263 e. The normalized spacial score (nSPS) is 24.9. The van der Waals surface area contributed by atoms with Crippen LogP contribution in [0.4, 0.5) is 5.69 Å². The molecule has 5 unspecified atom stereocenters. The molecule has 2 aromatic carbocycles. The van der Waals surface area contributed by atoms with Gasteiger partial charge in [0, 0.05) is 35.7 Å². The Labute approximate surface area is 301 Å². The van der Waals surface area contributed by atoms with Crippen LogP contribution in [0.25, 0.3) is 0 Å². The zero-order valence-corrected chi connectivity index (χ0v) is 32.0. The van der Waals surface area contributed by atoms with E-state index in [0.29, 0.717) is 37.2 Å². The minimum Gasteiger partial charge on any atom is -0.490 e.